The van der Waals surface area contributed by atoms with E-state index in [2.05, 4.69) is 20.4 Å². The van der Waals surface area contributed by atoms with Gasteiger partial charge in [0.05, 0.1) is 6.54 Å². The second-order valence-electron chi connectivity index (χ2n) is 6.41. The van der Waals surface area contributed by atoms with Crippen LogP contribution in [0.4, 0.5) is 14.6 Å². The molecule has 0 unspecified atom stereocenters. The number of carbonyl (C=O) groups excluding carboxylic acids is 1. The van der Waals surface area contributed by atoms with Gasteiger partial charge in [-0.25, -0.2) is 8.78 Å². The third-order valence-electron chi connectivity index (χ3n) is 4.63. The maximum absolute atomic E-state index is 12.4. The van der Waals surface area contributed by atoms with Crippen LogP contribution >= 0.6 is 0 Å². The van der Waals surface area contributed by atoms with Crippen LogP contribution in [0.5, 0.6) is 0 Å². The molecule has 3 heterocycles. The van der Waals surface area contributed by atoms with Gasteiger partial charge < -0.3 is 10.2 Å². The SMILES string of the molecule is O=C(NC1CCN(CC(F)F)CC1)c1ccc(N2CCCC2)nn1. The number of amides is 1. The average Bonchev–Trinajstić information content (AvgIpc) is 3.11. The largest absolute Gasteiger partial charge is 0.355 e. The molecule has 1 N–H and O–H groups in total. The van der Waals surface area contributed by atoms with Crippen molar-refractivity contribution < 1.29 is 13.6 Å². The van der Waals surface area contributed by atoms with Gasteiger partial charge >= 0.3 is 0 Å². The number of nitrogens with one attached hydrogen (secondary N) is 1. The van der Waals surface area contributed by atoms with Crippen molar-refractivity contribution in [2.45, 2.75) is 38.2 Å². The number of rotatable bonds is 5. The molecule has 0 aromatic carbocycles. The highest BCUT2D eigenvalue weighted by atomic mass is 19.3. The van der Waals surface area contributed by atoms with Gasteiger partial charge in [0.2, 0.25) is 0 Å². The summed E-state index contributed by atoms with van der Waals surface area (Å²) in [5.41, 5.74) is 0.299. The molecule has 2 fully saturated rings. The van der Waals surface area contributed by atoms with Crippen LogP contribution in [0.2, 0.25) is 0 Å². The minimum Gasteiger partial charge on any atom is -0.355 e. The predicted octanol–water partition coefficient (Wildman–Crippen LogP) is 1.54. The molecule has 0 spiro atoms. The molecule has 0 aliphatic carbocycles. The van der Waals surface area contributed by atoms with E-state index in [0.717, 1.165) is 31.7 Å². The summed E-state index contributed by atoms with van der Waals surface area (Å²) >= 11 is 0. The Morgan fingerprint density at radius 3 is 2.46 bits per heavy atom. The van der Waals surface area contributed by atoms with Gasteiger partial charge in [-0.2, -0.15) is 0 Å². The summed E-state index contributed by atoms with van der Waals surface area (Å²) in [6, 6.07) is 3.53. The average molecular weight is 339 g/mol. The molecule has 1 aromatic heterocycles. The highest BCUT2D eigenvalue weighted by Gasteiger charge is 2.23. The molecule has 2 aliphatic heterocycles. The lowest BCUT2D eigenvalue weighted by Crippen LogP contribution is -2.45. The Labute approximate surface area is 140 Å². The second kappa shape index (κ2) is 7.83. The summed E-state index contributed by atoms with van der Waals surface area (Å²) in [4.78, 5) is 16.1. The van der Waals surface area contributed by atoms with Crippen molar-refractivity contribution in [2.24, 2.45) is 0 Å². The van der Waals surface area contributed by atoms with Crippen LogP contribution < -0.4 is 10.2 Å². The van der Waals surface area contributed by atoms with Crippen LogP contribution in [-0.2, 0) is 0 Å². The molecule has 24 heavy (non-hydrogen) atoms. The van der Waals surface area contributed by atoms with Gasteiger partial charge in [0.1, 0.15) is 0 Å². The van der Waals surface area contributed by atoms with Crippen LogP contribution in [0.3, 0.4) is 0 Å². The van der Waals surface area contributed by atoms with Crippen molar-refractivity contribution in [1.82, 2.24) is 20.4 Å². The van der Waals surface area contributed by atoms with Crippen LogP contribution in [0.25, 0.3) is 0 Å². The van der Waals surface area contributed by atoms with E-state index in [-0.39, 0.29) is 18.5 Å². The molecule has 0 saturated carbocycles. The molecular weight excluding hydrogens is 316 g/mol. The van der Waals surface area contributed by atoms with Crippen molar-refractivity contribution in [1.29, 1.82) is 0 Å². The first-order valence-corrected chi connectivity index (χ1v) is 8.52. The lowest BCUT2D eigenvalue weighted by atomic mass is 10.0. The molecule has 0 bridgehead atoms. The summed E-state index contributed by atoms with van der Waals surface area (Å²) in [6.45, 7) is 2.93. The monoisotopic (exact) mass is 339 g/mol. The molecule has 8 heteroatoms. The number of aromatic nitrogens is 2. The number of alkyl halides is 2. The van der Waals surface area contributed by atoms with Crippen molar-refractivity contribution in [3.8, 4) is 0 Å². The van der Waals surface area contributed by atoms with E-state index < -0.39 is 6.43 Å². The third kappa shape index (κ3) is 4.37. The van der Waals surface area contributed by atoms with E-state index >= 15 is 0 Å². The fourth-order valence-electron chi connectivity index (χ4n) is 3.28. The molecule has 132 valence electrons. The number of halogens is 2. The van der Waals surface area contributed by atoms with Gasteiger partial charge in [-0.1, -0.05) is 0 Å². The zero-order valence-electron chi connectivity index (χ0n) is 13.6. The zero-order valence-corrected chi connectivity index (χ0v) is 13.6. The Morgan fingerprint density at radius 1 is 1.17 bits per heavy atom. The molecule has 1 amide bonds. The highest BCUT2D eigenvalue weighted by Crippen LogP contribution is 2.17. The first-order chi connectivity index (χ1) is 11.6. The van der Waals surface area contributed by atoms with Crippen LogP contribution in [-0.4, -0.2) is 66.2 Å². The van der Waals surface area contributed by atoms with Crippen molar-refractivity contribution in [2.75, 3.05) is 37.6 Å². The fraction of sp³-hybridized carbons (Fsp3) is 0.688. The number of hydrogen-bond acceptors (Lipinski definition) is 5. The fourth-order valence-corrected chi connectivity index (χ4v) is 3.28. The van der Waals surface area contributed by atoms with Crippen molar-refractivity contribution >= 4 is 11.7 Å². The molecular formula is C16H23F2N5O. The molecule has 0 radical (unpaired) electrons. The van der Waals surface area contributed by atoms with E-state index in [9.17, 15) is 13.6 Å². The Kier molecular flexibility index (Phi) is 5.55. The summed E-state index contributed by atoms with van der Waals surface area (Å²) in [5, 5.41) is 11.1. The third-order valence-corrected chi connectivity index (χ3v) is 4.63. The van der Waals surface area contributed by atoms with Crippen molar-refractivity contribution in [3.63, 3.8) is 0 Å². The van der Waals surface area contributed by atoms with E-state index in [4.69, 9.17) is 0 Å². The number of hydrogen-bond donors (Lipinski definition) is 1. The smallest absolute Gasteiger partial charge is 0.272 e. The number of anilines is 1. The molecule has 1 aromatic rings. The summed E-state index contributed by atoms with van der Waals surface area (Å²) in [6.07, 6.45) is 1.37. The van der Waals surface area contributed by atoms with E-state index in [1.54, 1.807) is 11.0 Å². The van der Waals surface area contributed by atoms with Crippen molar-refractivity contribution in [3.05, 3.63) is 17.8 Å². The standard InChI is InChI=1S/C16H23F2N5O/c17-14(18)11-22-9-5-12(6-10-22)19-16(24)13-3-4-15(21-20-13)23-7-1-2-8-23/h3-4,12,14H,1-2,5-11H2,(H,19,24). The Bertz CT molecular complexity index is 540. The van der Waals surface area contributed by atoms with Crippen LogP contribution in [0.15, 0.2) is 12.1 Å². The van der Waals surface area contributed by atoms with E-state index in [0.29, 0.717) is 31.6 Å². The van der Waals surface area contributed by atoms with Crippen LogP contribution in [0, 0.1) is 0 Å². The topological polar surface area (TPSA) is 61.4 Å². The van der Waals surface area contributed by atoms with E-state index in [1.807, 2.05) is 6.07 Å². The molecule has 0 atom stereocenters. The zero-order chi connectivity index (χ0) is 16.9. The number of piperidine rings is 1. The van der Waals surface area contributed by atoms with Crippen LogP contribution in [0.1, 0.15) is 36.2 Å². The van der Waals surface area contributed by atoms with Gasteiger partial charge in [0, 0.05) is 32.2 Å². The number of nitrogens with zero attached hydrogens (tertiary/aromatic N) is 4. The molecule has 2 saturated heterocycles. The predicted molar refractivity (Wildman–Crippen MR) is 86.4 cm³/mol. The minimum absolute atomic E-state index is 0.00600. The number of carbonyl (C=O) groups is 1. The lowest BCUT2D eigenvalue weighted by Gasteiger charge is -2.31. The minimum atomic E-state index is -2.31. The van der Waals surface area contributed by atoms with Gasteiger partial charge in [0.25, 0.3) is 12.3 Å². The summed E-state index contributed by atoms with van der Waals surface area (Å²) in [5.74, 6) is 0.562. The Balaban J connectivity index is 1.48. The van der Waals surface area contributed by atoms with Gasteiger partial charge in [0.15, 0.2) is 11.5 Å². The second-order valence-corrected chi connectivity index (χ2v) is 6.41. The highest BCUT2D eigenvalue weighted by molar-refractivity contribution is 5.92. The Hall–Kier alpha value is -1.83. The molecule has 3 rings (SSSR count). The first kappa shape index (κ1) is 17.0. The lowest BCUT2D eigenvalue weighted by molar-refractivity contribution is 0.0695. The summed E-state index contributed by atoms with van der Waals surface area (Å²) < 4.78 is 24.7. The quantitative estimate of drug-likeness (QED) is 0.882. The van der Waals surface area contributed by atoms with Gasteiger partial charge in [-0.15, -0.1) is 10.2 Å². The molecule has 2 aliphatic rings. The first-order valence-electron chi connectivity index (χ1n) is 8.52. The maximum Gasteiger partial charge on any atom is 0.272 e. The Morgan fingerprint density at radius 2 is 1.88 bits per heavy atom. The van der Waals surface area contributed by atoms with Gasteiger partial charge in [-0.05, 0) is 37.8 Å². The molecule has 6 nitrogen and oxygen atoms in total. The van der Waals surface area contributed by atoms with E-state index in [1.165, 1.54) is 0 Å². The van der Waals surface area contributed by atoms with Gasteiger partial charge in [-0.3, -0.25) is 9.69 Å². The number of likely N-dealkylation sites (tertiary alicyclic amines) is 1. The normalized spacial score (nSPS) is 19.9. The maximum atomic E-state index is 12.4. The summed E-state index contributed by atoms with van der Waals surface area (Å²) in [7, 11) is 0.